The first-order valence-corrected chi connectivity index (χ1v) is 5.44. The van der Waals surface area contributed by atoms with Gasteiger partial charge in [0.05, 0.1) is 6.54 Å². The minimum Gasteiger partial charge on any atom is -0.369 e. The van der Waals surface area contributed by atoms with E-state index < -0.39 is 0 Å². The second kappa shape index (κ2) is 4.61. The van der Waals surface area contributed by atoms with Gasteiger partial charge in [0.1, 0.15) is 5.82 Å². The zero-order chi connectivity index (χ0) is 11.5. The molecule has 0 aliphatic carbocycles. The van der Waals surface area contributed by atoms with Gasteiger partial charge in [-0.25, -0.2) is 4.39 Å². The highest BCUT2D eigenvalue weighted by molar-refractivity contribution is 5.76. The average Bonchev–Trinajstić information content (AvgIpc) is 2.66. The third-order valence-electron chi connectivity index (χ3n) is 2.98. The van der Waals surface area contributed by atoms with Crippen LogP contribution in [-0.4, -0.2) is 23.9 Å². The van der Waals surface area contributed by atoms with Crippen molar-refractivity contribution in [3.63, 3.8) is 0 Å². The van der Waals surface area contributed by atoms with Gasteiger partial charge in [-0.1, -0.05) is 12.1 Å². The lowest BCUT2D eigenvalue weighted by atomic mass is 10.0. The zero-order valence-corrected chi connectivity index (χ0v) is 9.03. The number of hydrogen-bond donors (Lipinski definition) is 1. The van der Waals surface area contributed by atoms with Crippen LogP contribution in [0, 0.1) is 5.82 Å². The van der Waals surface area contributed by atoms with Crippen LogP contribution < -0.4 is 5.73 Å². The Morgan fingerprint density at radius 1 is 1.44 bits per heavy atom. The van der Waals surface area contributed by atoms with E-state index >= 15 is 0 Å². The molecule has 0 bridgehead atoms. The molecule has 16 heavy (non-hydrogen) atoms. The number of rotatable bonds is 3. The van der Waals surface area contributed by atoms with Crippen molar-refractivity contribution in [2.45, 2.75) is 18.9 Å². The lowest BCUT2D eigenvalue weighted by molar-refractivity contribution is -0.119. The van der Waals surface area contributed by atoms with Crippen molar-refractivity contribution in [3.05, 3.63) is 35.6 Å². The van der Waals surface area contributed by atoms with Gasteiger partial charge in [0, 0.05) is 6.04 Å². The molecule has 4 heteroatoms. The summed E-state index contributed by atoms with van der Waals surface area (Å²) in [4.78, 5) is 13.0. The maximum absolute atomic E-state index is 12.8. The van der Waals surface area contributed by atoms with Crippen LogP contribution in [-0.2, 0) is 4.79 Å². The first-order valence-electron chi connectivity index (χ1n) is 5.44. The molecule has 1 fully saturated rings. The molecule has 1 unspecified atom stereocenters. The first kappa shape index (κ1) is 11.1. The van der Waals surface area contributed by atoms with Crippen LogP contribution >= 0.6 is 0 Å². The Bertz CT molecular complexity index is 377. The summed E-state index contributed by atoms with van der Waals surface area (Å²) in [5, 5.41) is 0. The van der Waals surface area contributed by atoms with E-state index in [4.69, 9.17) is 5.73 Å². The first-order chi connectivity index (χ1) is 7.66. The van der Waals surface area contributed by atoms with Gasteiger partial charge in [0.2, 0.25) is 5.91 Å². The SMILES string of the molecule is NC(=O)CN1CCCC1c1ccc(F)cc1. The monoisotopic (exact) mass is 222 g/mol. The molecule has 1 saturated heterocycles. The molecule has 2 N–H and O–H groups in total. The molecular formula is C12H15FN2O. The van der Waals surface area contributed by atoms with Crippen LogP contribution in [0.5, 0.6) is 0 Å². The van der Waals surface area contributed by atoms with Crippen LogP contribution in [0.1, 0.15) is 24.4 Å². The molecule has 1 aromatic rings. The van der Waals surface area contributed by atoms with Crippen molar-refractivity contribution >= 4 is 5.91 Å². The van der Waals surface area contributed by atoms with Gasteiger partial charge in [-0.05, 0) is 37.1 Å². The number of carbonyl (C=O) groups is 1. The van der Waals surface area contributed by atoms with E-state index in [0.717, 1.165) is 24.9 Å². The number of likely N-dealkylation sites (tertiary alicyclic amines) is 1. The second-order valence-corrected chi connectivity index (χ2v) is 4.15. The summed E-state index contributed by atoms with van der Waals surface area (Å²) in [5.41, 5.74) is 6.25. The van der Waals surface area contributed by atoms with E-state index in [1.165, 1.54) is 12.1 Å². The highest BCUT2D eigenvalue weighted by Gasteiger charge is 2.26. The Morgan fingerprint density at radius 2 is 2.12 bits per heavy atom. The summed E-state index contributed by atoms with van der Waals surface area (Å²) >= 11 is 0. The lowest BCUT2D eigenvalue weighted by Crippen LogP contribution is -2.33. The Kier molecular flexibility index (Phi) is 3.19. The van der Waals surface area contributed by atoms with Gasteiger partial charge in [-0.3, -0.25) is 9.69 Å². The highest BCUT2D eigenvalue weighted by Crippen LogP contribution is 2.31. The van der Waals surface area contributed by atoms with Crippen LogP contribution in [0.4, 0.5) is 4.39 Å². The molecule has 1 atom stereocenters. The van der Waals surface area contributed by atoms with Crippen LogP contribution in [0.25, 0.3) is 0 Å². The molecule has 0 spiro atoms. The molecule has 2 rings (SSSR count). The predicted octanol–water partition coefficient (Wildman–Crippen LogP) is 1.45. The van der Waals surface area contributed by atoms with Crippen molar-refractivity contribution in [2.24, 2.45) is 5.73 Å². The van der Waals surface area contributed by atoms with E-state index in [9.17, 15) is 9.18 Å². The largest absolute Gasteiger partial charge is 0.369 e. The molecule has 1 heterocycles. The van der Waals surface area contributed by atoms with Gasteiger partial charge in [-0.15, -0.1) is 0 Å². The number of amides is 1. The summed E-state index contributed by atoms with van der Waals surface area (Å²) < 4.78 is 12.8. The summed E-state index contributed by atoms with van der Waals surface area (Å²) in [5.74, 6) is -0.544. The highest BCUT2D eigenvalue weighted by atomic mass is 19.1. The van der Waals surface area contributed by atoms with E-state index in [1.807, 2.05) is 0 Å². The molecule has 1 aliphatic heterocycles. The van der Waals surface area contributed by atoms with Gasteiger partial charge in [-0.2, -0.15) is 0 Å². The minimum atomic E-state index is -0.311. The Hall–Kier alpha value is -1.42. The van der Waals surface area contributed by atoms with E-state index in [-0.39, 0.29) is 24.3 Å². The second-order valence-electron chi connectivity index (χ2n) is 4.15. The average molecular weight is 222 g/mol. The molecule has 0 radical (unpaired) electrons. The molecule has 86 valence electrons. The van der Waals surface area contributed by atoms with Gasteiger partial charge in [0.15, 0.2) is 0 Å². The third kappa shape index (κ3) is 2.39. The number of hydrogen-bond acceptors (Lipinski definition) is 2. The lowest BCUT2D eigenvalue weighted by Gasteiger charge is -2.23. The van der Waals surface area contributed by atoms with Crippen LogP contribution in [0.3, 0.4) is 0 Å². The van der Waals surface area contributed by atoms with E-state index in [0.29, 0.717) is 0 Å². The van der Waals surface area contributed by atoms with E-state index in [2.05, 4.69) is 4.90 Å². The Labute approximate surface area is 94.0 Å². The molecule has 3 nitrogen and oxygen atoms in total. The molecular weight excluding hydrogens is 207 g/mol. The normalized spacial score (nSPS) is 21.2. The third-order valence-corrected chi connectivity index (χ3v) is 2.98. The number of carbonyl (C=O) groups excluding carboxylic acids is 1. The number of nitrogens with zero attached hydrogens (tertiary/aromatic N) is 1. The maximum atomic E-state index is 12.8. The van der Waals surface area contributed by atoms with Crippen molar-refractivity contribution in [1.82, 2.24) is 4.90 Å². The number of benzene rings is 1. The van der Waals surface area contributed by atoms with Crippen molar-refractivity contribution < 1.29 is 9.18 Å². The van der Waals surface area contributed by atoms with Crippen LogP contribution in [0.15, 0.2) is 24.3 Å². The maximum Gasteiger partial charge on any atom is 0.231 e. The fourth-order valence-electron chi connectivity index (χ4n) is 2.28. The topological polar surface area (TPSA) is 46.3 Å². The summed E-state index contributed by atoms with van der Waals surface area (Å²) in [6.45, 7) is 1.16. The summed E-state index contributed by atoms with van der Waals surface area (Å²) in [7, 11) is 0. The summed E-state index contributed by atoms with van der Waals surface area (Å²) in [6.07, 6.45) is 2.05. The van der Waals surface area contributed by atoms with Crippen molar-refractivity contribution in [3.8, 4) is 0 Å². The smallest absolute Gasteiger partial charge is 0.231 e. The molecule has 1 amide bonds. The number of halogens is 1. The fourth-order valence-corrected chi connectivity index (χ4v) is 2.28. The molecule has 1 aromatic carbocycles. The number of primary amides is 1. The predicted molar refractivity (Wildman–Crippen MR) is 59.1 cm³/mol. The van der Waals surface area contributed by atoms with Crippen molar-refractivity contribution in [1.29, 1.82) is 0 Å². The van der Waals surface area contributed by atoms with Gasteiger partial charge < -0.3 is 5.73 Å². The Morgan fingerprint density at radius 3 is 2.75 bits per heavy atom. The van der Waals surface area contributed by atoms with Gasteiger partial charge >= 0.3 is 0 Å². The minimum absolute atomic E-state index is 0.202. The number of nitrogens with two attached hydrogens (primary N) is 1. The van der Waals surface area contributed by atoms with Gasteiger partial charge in [0.25, 0.3) is 0 Å². The molecule has 0 aromatic heterocycles. The quantitative estimate of drug-likeness (QED) is 0.841. The van der Waals surface area contributed by atoms with E-state index in [1.54, 1.807) is 12.1 Å². The van der Waals surface area contributed by atoms with Crippen molar-refractivity contribution in [2.75, 3.05) is 13.1 Å². The standard InChI is InChI=1S/C12H15FN2O/c13-10-5-3-9(4-6-10)11-2-1-7-15(11)8-12(14)16/h3-6,11H,1-2,7-8H2,(H2,14,16). The zero-order valence-electron chi connectivity index (χ0n) is 9.03. The van der Waals surface area contributed by atoms with Crippen LogP contribution in [0.2, 0.25) is 0 Å². The summed E-state index contributed by atoms with van der Waals surface area (Å²) in [6, 6.07) is 6.67. The fraction of sp³-hybridized carbons (Fsp3) is 0.417. The molecule has 1 aliphatic rings. The Balaban J connectivity index is 2.13. The molecule has 0 saturated carbocycles.